The van der Waals surface area contributed by atoms with Crippen molar-refractivity contribution in [2.75, 3.05) is 0 Å². The van der Waals surface area contributed by atoms with Crippen LogP contribution in [0.25, 0.3) is 0 Å². The highest BCUT2D eigenvalue weighted by Crippen LogP contribution is 2.13. The van der Waals surface area contributed by atoms with Gasteiger partial charge in [0.2, 0.25) is 0 Å². The van der Waals surface area contributed by atoms with Gasteiger partial charge in [0.15, 0.2) is 5.78 Å². The van der Waals surface area contributed by atoms with Crippen LogP contribution >= 0.6 is 0 Å². The average Bonchev–Trinajstić information content (AvgIpc) is 2.86. The summed E-state index contributed by atoms with van der Waals surface area (Å²) >= 11 is 0. The summed E-state index contributed by atoms with van der Waals surface area (Å²) in [5, 5.41) is 0. The Bertz CT molecular complexity index is 519. The molecule has 0 aliphatic carbocycles. The zero-order chi connectivity index (χ0) is 13.0. The Morgan fingerprint density at radius 3 is 2.78 bits per heavy atom. The van der Waals surface area contributed by atoms with Gasteiger partial charge in [0.25, 0.3) is 0 Å². The highest BCUT2D eigenvalue weighted by Gasteiger charge is 2.17. The third-order valence-corrected chi connectivity index (χ3v) is 2.98. The Morgan fingerprint density at radius 2 is 2.11 bits per heavy atom. The van der Waals surface area contributed by atoms with Crippen LogP contribution in [0.4, 0.5) is 0 Å². The predicted octanol–water partition coefficient (Wildman–Crippen LogP) is 1.71. The first-order valence-corrected chi connectivity index (χ1v) is 6.05. The Labute approximate surface area is 106 Å². The van der Waals surface area contributed by atoms with Crippen LogP contribution in [0.2, 0.25) is 0 Å². The SMILES string of the molecule is CCn1ccnc1CC(=O)[C@H](N)c1ccccc1. The molecule has 94 valence electrons. The van der Waals surface area contributed by atoms with E-state index >= 15 is 0 Å². The minimum absolute atomic E-state index is 0.0119. The molecule has 1 atom stereocenters. The number of benzene rings is 1. The van der Waals surface area contributed by atoms with Crippen LogP contribution in [0.5, 0.6) is 0 Å². The second-order valence-electron chi connectivity index (χ2n) is 4.16. The van der Waals surface area contributed by atoms with Crippen molar-refractivity contribution in [3.8, 4) is 0 Å². The largest absolute Gasteiger partial charge is 0.335 e. The van der Waals surface area contributed by atoms with E-state index in [0.717, 1.165) is 17.9 Å². The van der Waals surface area contributed by atoms with E-state index in [9.17, 15) is 4.79 Å². The molecule has 0 spiro atoms. The van der Waals surface area contributed by atoms with E-state index in [1.54, 1.807) is 6.20 Å². The van der Waals surface area contributed by atoms with Crippen molar-refractivity contribution in [1.82, 2.24) is 9.55 Å². The number of hydrogen-bond donors (Lipinski definition) is 1. The lowest BCUT2D eigenvalue weighted by molar-refractivity contribution is -0.119. The number of imidazole rings is 1. The van der Waals surface area contributed by atoms with Crippen molar-refractivity contribution in [3.05, 3.63) is 54.1 Å². The highest BCUT2D eigenvalue weighted by molar-refractivity contribution is 5.86. The highest BCUT2D eigenvalue weighted by atomic mass is 16.1. The lowest BCUT2D eigenvalue weighted by Crippen LogP contribution is -2.24. The number of Topliss-reactive ketones (excluding diaryl/α,β-unsaturated/α-hetero) is 1. The molecule has 0 aliphatic heterocycles. The molecule has 1 aromatic heterocycles. The molecule has 0 amide bonds. The molecule has 0 aliphatic rings. The van der Waals surface area contributed by atoms with Gasteiger partial charge in [-0.2, -0.15) is 0 Å². The zero-order valence-corrected chi connectivity index (χ0v) is 10.4. The molecular formula is C14H17N3O. The van der Waals surface area contributed by atoms with Gasteiger partial charge >= 0.3 is 0 Å². The van der Waals surface area contributed by atoms with Gasteiger partial charge in [0.1, 0.15) is 5.82 Å². The van der Waals surface area contributed by atoms with Crippen LogP contribution < -0.4 is 5.73 Å². The topological polar surface area (TPSA) is 60.9 Å². The maximum absolute atomic E-state index is 12.1. The maximum Gasteiger partial charge on any atom is 0.161 e. The van der Waals surface area contributed by atoms with Gasteiger partial charge in [0.05, 0.1) is 12.5 Å². The van der Waals surface area contributed by atoms with Crippen LogP contribution in [0.15, 0.2) is 42.7 Å². The third kappa shape index (κ3) is 2.65. The molecule has 1 aromatic carbocycles. The lowest BCUT2D eigenvalue weighted by Gasteiger charge is -2.11. The standard InChI is InChI=1S/C14H17N3O/c1-2-17-9-8-16-13(17)10-12(18)14(15)11-6-4-3-5-7-11/h3-9,14H,2,10,15H2,1H3/t14-/m1/s1. The molecule has 0 bridgehead atoms. The van der Waals surface area contributed by atoms with E-state index < -0.39 is 6.04 Å². The van der Waals surface area contributed by atoms with Crippen molar-refractivity contribution < 1.29 is 4.79 Å². The number of ketones is 1. The summed E-state index contributed by atoms with van der Waals surface area (Å²) in [6, 6.07) is 8.84. The van der Waals surface area contributed by atoms with E-state index in [-0.39, 0.29) is 12.2 Å². The van der Waals surface area contributed by atoms with Crippen LogP contribution in [-0.4, -0.2) is 15.3 Å². The summed E-state index contributed by atoms with van der Waals surface area (Å²) in [5.41, 5.74) is 6.80. The summed E-state index contributed by atoms with van der Waals surface area (Å²) in [7, 11) is 0. The van der Waals surface area contributed by atoms with Crippen molar-refractivity contribution in [2.45, 2.75) is 25.9 Å². The van der Waals surface area contributed by atoms with Gasteiger partial charge in [-0.15, -0.1) is 0 Å². The third-order valence-electron chi connectivity index (χ3n) is 2.98. The summed E-state index contributed by atoms with van der Waals surface area (Å²) in [5.74, 6) is 0.760. The number of nitrogens with two attached hydrogens (primary N) is 1. The molecule has 1 heterocycles. The van der Waals surface area contributed by atoms with E-state index in [1.165, 1.54) is 0 Å². The van der Waals surface area contributed by atoms with Crippen molar-refractivity contribution in [2.24, 2.45) is 5.73 Å². The molecule has 18 heavy (non-hydrogen) atoms. The molecule has 2 N–H and O–H groups in total. The molecule has 0 unspecified atom stereocenters. The van der Waals surface area contributed by atoms with E-state index in [4.69, 9.17) is 5.73 Å². The first-order chi connectivity index (χ1) is 8.72. The fraction of sp³-hybridized carbons (Fsp3) is 0.286. The molecule has 2 rings (SSSR count). The van der Waals surface area contributed by atoms with Gasteiger partial charge in [-0.1, -0.05) is 30.3 Å². The van der Waals surface area contributed by atoms with Crippen LogP contribution in [-0.2, 0) is 17.8 Å². The number of rotatable bonds is 5. The second-order valence-corrected chi connectivity index (χ2v) is 4.16. The first kappa shape index (κ1) is 12.5. The van der Waals surface area contributed by atoms with Crippen molar-refractivity contribution in [1.29, 1.82) is 0 Å². The van der Waals surface area contributed by atoms with Gasteiger partial charge in [0, 0.05) is 18.9 Å². The number of carbonyl (C=O) groups is 1. The lowest BCUT2D eigenvalue weighted by atomic mass is 10.0. The van der Waals surface area contributed by atoms with Gasteiger partial charge < -0.3 is 10.3 Å². The molecule has 2 aromatic rings. The van der Waals surface area contributed by atoms with Crippen molar-refractivity contribution >= 4 is 5.78 Å². The number of aromatic nitrogens is 2. The number of nitrogens with zero attached hydrogens (tertiary/aromatic N) is 2. The normalized spacial score (nSPS) is 12.3. The van der Waals surface area contributed by atoms with Gasteiger partial charge in [-0.25, -0.2) is 4.98 Å². The molecule has 4 nitrogen and oxygen atoms in total. The Morgan fingerprint density at radius 1 is 1.39 bits per heavy atom. The molecule has 0 radical (unpaired) electrons. The molecule has 0 fully saturated rings. The van der Waals surface area contributed by atoms with Crippen LogP contribution in [0.1, 0.15) is 24.4 Å². The van der Waals surface area contributed by atoms with Gasteiger partial charge in [-0.05, 0) is 12.5 Å². The number of aryl methyl sites for hydroxylation is 1. The first-order valence-electron chi connectivity index (χ1n) is 6.05. The minimum Gasteiger partial charge on any atom is -0.335 e. The fourth-order valence-electron chi connectivity index (χ4n) is 1.91. The number of carbonyl (C=O) groups excluding carboxylic acids is 1. The fourth-order valence-corrected chi connectivity index (χ4v) is 1.91. The second kappa shape index (κ2) is 5.60. The van der Waals surface area contributed by atoms with Crippen LogP contribution in [0.3, 0.4) is 0 Å². The molecular weight excluding hydrogens is 226 g/mol. The summed E-state index contributed by atoms with van der Waals surface area (Å²) < 4.78 is 1.95. The number of hydrogen-bond acceptors (Lipinski definition) is 3. The Hall–Kier alpha value is -1.94. The zero-order valence-electron chi connectivity index (χ0n) is 10.4. The van der Waals surface area contributed by atoms with E-state index in [2.05, 4.69) is 4.98 Å². The smallest absolute Gasteiger partial charge is 0.161 e. The van der Waals surface area contributed by atoms with Gasteiger partial charge in [-0.3, -0.25) is 4.79 Å². The maximum atomic E-state index is 12.1. The van der Waals surface area contributed by atoms with Crippen molar-refractivity contribution in [3.63, 3.8) is 0 Å². The Balaban J connectivity index is 2.09. The monoisotopic (exact) mass is 243 g/mol. The van der Waals surface area contributed by atoms with E-state index in [0.29, 0.717) is 0 Å². The summed E-state index contributed by atoms with van der Waals surface area (Å²) in [6.07, 6.45) is 3.85. The summed E-state index contributed by atoms with van der Waals surface area (Å²) in [4.78, 5) is 16.3. The average molecular weight is 243 g/mol. The van der Waals surface area contributed by atoms with E-state index in [1.807, 2.05) is 48.0 Å². The Kier molecular flexibility index (Phi) is 3.89. The molecule has 0 saturated heterocycles. The minimum atomic E-state index is -0.576. The molecule has 4 heteroatoms. The predicted molar refractivity (Wildman–Crippen MR) is 70.0 cm³/mol. The summed E-state index contributed by atoms with van der Waals surface area (Å²) in [6.45, 7) is 2.83. The quantitative estimate of drug-likeness (QED) is 0.869. The van der Waals surface area contributed by atoms with Crippen LogP contribution in [0, 0.1) is 0 Å². The molecule has 0 saturated carbocycles.